The van der Waals surface area contributed by atoms with Crippen molar-refractivity contribution in [2.24, 2.45) is 5.73 Å². The summed E-state index contributed by atoms with van der Waals surface area (Å²) in [5.41, 5.74) is 7.38. The van der Waals surface area contributed by atoms with E-state index in [1.54, 1.807) is 0 Å². The molecule has 0 heterocycles. The van der Waals surface area contributed by atoms with E-state index in [-0.39, 0.29) is 6.42 Å². The third-order valence-electron chi connectivity index (χ3n) is 2.44. The number of rotatable bonds is 4. The Kier molecular flexibility index (Phi) is 4.21. The van der Waals surface area contributed by atoms with E-state index in [9.17, 15) is 8.78 Å². The van der Waals surface area contributed by atoms with Gasteiger partial charge in [0.2, 0.25) is 0 Å². The largest absolute Gasteiger partial charge is 0.323 e. The Morgan fingerprint density at radius 2 is 1.67 bits per heavy atom. The van der Waals surface area contributed by atoms with Gasteiger partial charge in [-0.3, -0.25) is 0 Å². The second-order valence-electron chi connectivity index (χ2n) is 4.10. The van der Waals surface area contributed by atoms with Gasteiger partial charge in [0.25, 0.3) is 6.43 Å². The van der Waals surface area contributed by atoms with E-state index in [1.807, 2.05) is 24.3 Å². The predicted molar refractivity (Wildman–Crippen MR) is 58.2 cm³/mol. The Morgan fingerprint density at radius 1 is 1.13 bits per heavy atom. The van der Waals surface area contributed by atoms with Crippen LogP contribution in [0.2, 0.25) is 0 Å². The standard InChI is InChI=1S/C12H17F2N/c1-8(2)10-5-3-9(4-6-10)7-11(15)12(13)14/h3-6,8,11-12H,7,15H2,1-2H3. The number of hydrogen-bond donors (Lipinski definition) is 1. The molecule has 0 aromatic heterocycles. The molecule has 0 spiro atoms. The molecule has 0 saturated heterocycles. The second-order valence-corrected chi connectivity index (χ2v) is 4.10. The summed E-state index contributed by atoms with van der Waals surface area (Å²) in [5.74, 6) is 0.461. The molecule has 0 aliphatic carbocycles. The van der Waals surface area contributed by atoms with Crippen LogP contribution in [0.25, 0.3) is 0 Å². The Hall–Kier alpha value is -0.960. The summed E-state index contributed by atoms with van der Waals surface area (Å²) in [4.78, 5) is 0. The van der Waals surface area contributed by atoms with Gasteiger partial charge >= 0.3 is 0 Å². The van der Waals surface area contributed by atoms with Crippen molar-refractivity contribution in [3.05, 3.63) is 35.4 Å². The Bertz CT molecular complexity index is 293. The molecule has 2 N–H and O–H groups in total. The zero-order valence-electron chi connectivity index (χ0n) is 9.08. The minimum Gasteiger partial charge on any atom is -0.323 e. The van der Waals surface area contributed by atoms with Gasteiger partial charge in [-0.15, -0.1) is 0 Å². The lowest BCUT2D eigenvalue weighted by Crippen LogP contribution is -2.30. The molecule has 1 unspecified atom stereocenters. The molecule has 0 aliphatic rings. The van der Waals surface area contributed by atoms with E-state index < -0.39 is 12.5 Å². The van der Waals surface area contributed by atoms with Crippen LogP contribution in [0.15, 0.2) is 24.3 Å². The highest BCUT2D eigenvalue weighted by Gasteiger charge is 2.15. The van der Waals surface area contributed by atoms with Crippen LogP contribution in [-0.4, -0.2) is 12.5 Å². The summed E-state index contributed by atoms with van der Waals surface area (Å²) in [5, 5.41) is 0. The number of nitrogens with two attached hydrogens (primary N) is 1. The minimum absolute atomic E-state index is 0.232. The SMILES string of the molecule is CC(C)c1ccc(CC(N)C(F)F)cc1. The van der Waals surface area contributed by atoms with E-state index in [2.05, 4.69) is 13.8 Å². The molecule has 3 heteroatoms. The molecule has 15 heavy (non-hydrogen) atoms. The third-order valence-corrected chi connectivity index (χ3v) is 2.44. The first-order chi connectivity index (χ1) is 7.00. The third kappa shape index (κ3) is 3.59. The van der Waals surface area contributed by atoms with Crippen molar-refractivity contribution in [3.8, 4) is 0 Å². The molecule has 0 aliphatic heterocycles. The summed E-state index contributed by atoms with van der Waals surface area (Å²) in [7, 11) is 0. The fourth-order valence-electron chi connectivity index (χ4n) is 1.40. The molecule has 0 fully saturated rings. The molecule has 1 atom stereocenters. The van der Waals surface area contributed by atoms with E-state index in [0.29, 0.717) is 5.92 Å². The van der Waals surface area contributed by atoms with Gasteiger partial charge in [0.15, 0.2) is 0 Å². The molecule has 1 rings (SSSR count). The molecule has 84 valence electrons. The lowest BCUT2D eigenvalue weighted by atomic mass is 9.99. The highest BCUT2D eigenvalue weighted by Crippen LogP contribution is 2.16. The van der Waals surface area contributed by atoms with E-state index in [0.717, 1.165) is 5.56 Å². The molecular formula is C12H17F2N. The van der Waals surface area contributed by atoms with Gasteiger partial charge in [-0.25, -0.2) is 8.78 Å². The van der Waals surface area contributed by atoms with Crippen molar-refractivity contribution >= 4 is 0 Å². The van der Waals surface area contributed by atoms with Gasteiger partial charge in [0.1, 0.15) is 0 Å². The zero-order valence-corrected chi connectivity index (χ0v) is 9.08. The molecule has 0 saturated carbocycles. The van der Waals surface area contributed by atoms with E-state index in [4.69, 9.17) is 5.73 Å². The lowest BCUT2D eigenvalue weighted by molar-refractivity contribution is 0.116. The Morgan fingerprint density at radius 3 is 2.07 bits per heavy atom. The fraction of sp³-hybridized carbons (Fsp3) is 0.500. The van der Waals surface area contributed by atoms with Crippen LogP contribution >= 0.6 is 0 Å². The average molecular weight is 213 g/mol. The van der Waals surface area contributed by atoms with Gasteiger partial charge in [0, 0.05) is 0 Å². The Labute approximate surface area is 89.3 Å². The van der Waals surface area contributed by atoms with Crippen LogP contribution < -0.4 is 5.73 Å². The van der Waals surface area contributed by atoms with Crippen LogP contribution in [0.5, 0.6) is 0 Å². The summed E-state index contributed by atoms with van der Waals surface area (Å²) >= 11 is 0. The van der Waals surface area contributed by atoms with Gasteiger partial charge in [-0.1, -0.05) is 38.1 Å². The molecule has 1 nitrogen and oxygen atoms in total. The highest BCUT2D eigenvalue weighted by molar-refractivity contribution is 5.25. The smallest absolute Gasteiger partial charge is 0.253 e. The van der Waals surface area contributed by atoms with Gasteiger partial charge in [-0.2, -0.15) is 0 Å². The molecule has 1 aromatic rings. The topological polar surface area (TPSA) is 26.0 Å². The first-order valence-electron chi connectivity index (χ1n) is 5.13. The van der Waals surface area contributed by atoms with Crippen molar-refractivity contribution in [1.29, 1.82) is 0 Å². The van der Waals surface area contributed by atoms with E-state index in [1.165, 1.54) is 5.56 Å². The number of alkyl halides is 2. The average Bonchev–Trinajstić information content (AvgIpc) is 2.18. The fourth-order valence-corrected chi connectivity index (χ4v) is 1.40. The van der Waals surface area contributed by atoms with Crippen LogP contribution in [0, 0.1) is 0 Å². The summed E-state index contributed by atoms with van der Waals surface area (Å²) < 4.78 is 24.4. The van der Waals surface area contributed by atoms with Gasteiger partial charge < -0.3 is 5.73 Å². The summed E-state index contributed by atoms with van der Waals surface area (Å²) in [6, 6.07) is 6.63. The van der Waals surface area contributed by atoms with Gasteiger partial charge in [-0.05, 0) is 23.5 Å². The molecule has 0 amide bonds. The minimum atomic E-state index is -2.45. The second kappa shape index (κ2) is 5.21. The van der Waals surface area contributed by atoms with Crippen LogP contribution in [0.1, 0.15) is 30.9 Å². The maximum absolute atomic E-state index is 12.2. The number of hydrogen-bond acceptors (Lipinski definition) is 1. The molecule has 0 radical (unpaired) electrons. The summed E-state index contributed by atoms with van der Waals surface area (Å²) in [6.45, 7) is 4.19. The first-order valence-corrected chi connectivity index (χ1v) is 5.13. The Balaban J connectivity index is 2.64. The monoisotopic (exact) mass is 213 g/mol. The number of halogens is 2. The van der Waals surface area contributed by atoms with Crippen molar-refractivity contribution in [2.75, 3.05) is 0 Å². The van der Waals surface area contributed by atoms with Crippen molar-refractivity contribution in [3.63, 3.8) is 0 Å². The quantitative estimate of drug-likeness (QED) is 0.817. The molecule has 1 aromatic carbocycles. The first kappa shape index (κ1) is 12.1. The predicted octanol–water partition coefficient (Wildman–Crippen LogP) is 2.94. The van der Waals surface area contributed by atoms with Crippen molar-refractivity contribution in [1.82, 2.24) is 0 Å². The maximum atomic E-state index is 12.2. The van der Waals surface area contributed by atoms with Gasteiger partial charge in [0.05, 0.1) is 6.04 Å². The zero-order chi connectivity index (χ0) is 11.4. The normalized spacial score (nSPS) is 13.5. The van der Waals surface area contributed by atoms with Crippen LogP contribution in [0.4, 0.5) is 8.78 Å². The molecule has 0 bridgehead atoms. The lowest BCUT2D eigenvalue weighted by Gasteiger charge is -2.11. The van der Waals surface area contributed by atoms with Crippen molar-refractivity contribution < 1.29 is 8.78 Å². The maximum Gasteiger partial charge on any atom is 0.253 e. The van der Waals surface area contributed by atoms with E-state index >= 15 is 0 Å². The molecular weight excluding hydrogens is 196 g/mol. The van der Waals surface area contributed by atoms with Crippen LogP contribution in [0.3, 0.4) is 0 Å². The highest BCUT2D eigenvalue weighted by atomic mass is 19.3. The van der Waals surface area contributed by atoms with Crippen LogP contribution in [-0.2, 0) is 6.42 Å². The number of benzene rings is 1. The summed E-state index contributed by atoms with van der Waals surface area (Å²) in [6.07, 6.45) is -2.22. The van der Waals surface area contributed by atoms with Crippen molar-refractivity contribution in [2.45, 2.75) is 38.7 Å².